The van der Waals surface area contributed by atoms with E-state index in [1.165, 1.54) is 27.7 Å². The van der Waals surface area contributed by atoms with Crippen LogP contribution in [0.25, 0.3) is 0 Å². The Hall–Kier alpha value is -3.25. The molecule has 10 unspecified atom stereocenters. The first-order chi connectivity index (χ1) is 20.9. The van der Waals surface area contributed by atoms with Crippen LogP contribution < -0.4 is 0 Å². The Bertz CT molecular complexity index is 1300. The molecule has 0 aromatic carbocycles. The molecule has 1 N–H and O–H groups in total. The summed E-state index contributed by atoms with van der Waals surface area (Å²) in [5.74, 6) is -4.39. The molecule has 4 rings (SSSR count). The fourth-order valence-electron chi connectivity index (χ4n) is 7.46. The molecule has 0 bridgehead atoms. The van der Waals surface area contributed by atoms with Crippen molar-refractivity contribution in [1.82, 2.24) is 0 Å². The molecule has 3 fully saturated rings. The van der Waals surface area contributed by atoms with Crippen LogP contribution in [0.1, 0.15) is 75.2 Å². The quantitative estimate of drug-likeness (QED) is 0.171. The zero-order chi connectivity index (χ0) is 33.6. The third kappa shape index (κ3) is 6.27. The summed E-state index contributed by atoms with van der Waals surface area (Å²) in [4.78, 5) is 62.8. The molecule has 45 heavy (non-hydrogen) atoms. The summed E-state index contributed by atoms with van der Waals surface area (Å²) in [6, 6.07) is 0. The third-order valence-corrected chi connectivity index (χ3v) is 9.86. The first kappa shape index (κ1) is 34.6. The van der Waals surface area contributed by atoms with Crippen molar-refractivity contribution in [2.45, 2.75) is 111 Å². The Kier molecular flexibility index (Phi) is 9.62. The summed E-state index contributed by atoms with van der Waals surface area (Å²) in [6.07, 6.45) is 0.0271. The van der Waals surface area contributed by atoms with Crippen LogP contribution in [0.2, 0.25) is 0 Å². The molecule has 2 saturated carbocycles. The highest BCUT2D eigenvalue weighted by molar-refractivity contribution is 5.73. The molecule has 3 aliphatic carbocycles. The van der Waals surface area contributed by atoms with Crippen LogP contribution in [0.15, 0.2) is 23.3 Å². The average molecular weight is 635 g/mol. The Balaban J connectivity index is 2.02. The van der Waals surface area contributed by atoms with E-state index >= 15 is 0 Å². The number of hydrogen-bond donors (Lipinski definition) is 1. The second-order valence-corrected chi connectivity index (χ2v) is 13.5. The lowest BCUT2D eigenvalue weighted by atomic mass is 9.83. The lowest BCUT2D eigenvalue weighted by Crippen LogP contribution is -2.44. The molecule has 12 heteroatoms. The molecular weight excluding hydrogens is 588 g/mol. The van der Waals surface area contributed by atoms with E-state index in [0.29, 0.717) is 12.0 Å². The Morgan fingerprint density at radius 3 is 2.11 bits per heavy atom. The van der Waals surface area contributed by atoms with Crippen molar-refractivity contribution in [1.29, 1.82) is 0 Å². The van der Waals surface area contributed by atoms with E-state index in [-0.39, 0.29) is 30.4 Å². The van der Waals surface area contributed by atoms with Crippen molar-refractivity contribution < 1.29 is 57.5 Å². The van der Waals surface area contributed by atoms with Gasteiger partial charge in [0, 0.05) is 39.2 Å². The van der Waals surface area contributed by atoms with Gasteiger partial charge in [-0.15, -0.1) is 0 Å². The van der Waals surface area contributed by atoms with E-state index < -0.39 is 89.3 Å². The number of aliphatic hydroxyl groups is 1. The fraction of sp³-hybridized carbons (Fsp3) is 0.727. The fourth-order valence-corrected chi connectivity index (χ4v) is 7.46. The van der Waals surface area contributed by atoms with E-state index in [9.17, 15) is 29.1 Å². The van der Waals surface area contributed by atoms with Gasteiger partial charge in [-0.3, -0.25) is 24.0 Å². The van der Waals surface area contributed by atoms with E-state index in [1.807, 2.05) is 33.8 Å². The molecule has 1 saturated heterocycles. The normalized spacial score (nSPS) is 36.6. The lowest BCUT2D eigenvalue weighted by Gasteiger charge is -2.31. The van der Waals surface area contributed by atoms with Crippen molar-refractivity contribution in [2.75, 3.05) is 13.2 Å². The first-order valence-electron chi connectivity index (χ1n) is 15.5. The molecule has 0 radical (unpaired) electrons. The predicted molar refractivity (Wildman–Crippen MR) is 157 cm³/mol. The molecule has 12 nitrogen and oxygen atoms in total. The van der Waals surface area contributed by atoms with Crippen LogP contribution in [0, 0.1) is 29.1 Å². The minimum Gasteiger partial charge on any atom is -0.461 e. The van der Waals surface area contributed by atoms with Gasteiger partial charge in [0.05, 0.1) is 12.5 Å². The Labute approximate surface area is 263 Å². The third-order valence-electron chi connectivity index (χ3n) is 9.86. The molecule has 1 aliphatic heterocycles. The zero-order valence-corrected chi connectivity index (χ0v) is 27.5. The number of carbonyl (C=O) groups excluding carboxylic acids is 5. The van der Waals surface area contributed by atoms with Crippen LogP contribution in [-0.4, -0.2) is 83.8 Å². The number of epoxide rings is 1. The Morgan fingerprint density at radius 2 is 1.58 bits per heavy atom. The highest BCUT2D eigenvalue weighted by Gasteiger charge is 2.83. The largest absolute Gasteiger partial charge is 0.461 e. The minimum absolute atomic E-state index is 0.192. The van der Waals surface area contributed by atoms with E-state index in [1.54, 1.807) is 13.0 Å². The number of esters is 5. The van der Waals surface area contributed by atoms with Gasteiger partial charge in [-0.1, -0.05) is 40.7 Å². The van der Waals surface area contributed by atoms with E-state index in [0.717, 1.165) is 0 Å². The van der Waals surface area contributed by atoms with Gasteiger partial charge in [0.1, 0.15) is 24.4 Å². The maximum Gasteiger partial charge on any atom is 0.309 e. The van der Waals surface area contributed by atoms with Crippen molar-refractivity contribution in [2.24, 2.45) is 29.1 Å². The smallest absolute Gasteiger partial charge is 0.309 e. The van der Waals surface area contributed by atoms with Crippen LogP contribution in [0.5, 0.6) is 0 Å². The second kappa shape index (κ2) is 12.5. The van der Waals surface area contributed by atoms with Gasteiger partial charge in [-0.25, -0.2) is 0 Å². The zero-order valence-electron chi connectivity index (χ0n) is 27.5. The van der Waals surface area contributed by atoms with Crippen LogP contribution >= 0.6 is 0 Å². The van der Waals surface area contributed by atoms with Crippen molar-refractivity contribution in [3.63, 3.8) is 0 Å². The number of fused-ring (bicyclic) bond motifs is 1. The second-order valence-electron chi connectivity index (χ2n) is 13.5. The molecule has 0 aromatic heterocycles. The summed E-state index contributed by atoms with van der Waals surface area (Å²) < 4.78 is 35.8. The first-order valence-corrected chi connectivity index (χ1v) is 15.5. The molecule has 0 aromatic rings. The number of carbonyl (C=O) groups is 5. The van der Waals surface area contributed by atoms with Crippen molar-refractivity contribution >= 4 is 29.8 Å². The number of ether oxygens (including phenoxy) is 6. The predicted octanol–water partition coefficient (Wildman–Crippen LogP) is 2.98. The molecule has 0 amide bonds. The average Bonchev–Trinajstić information content (AvgIpc) is 3.72. The van der Waals surface area contributed by atoms with Crippen molar-refractivity contribution in [3.05, 3.63) is 23.3 Å². The summed E-state index contributed by atoms with van der Waals surface area (Å²) in [7, 11) is 0. The maximum absolute atomic E-state index is 13.3. The SMILES string of the molecule is CCC(C)C(=O)OC1C(CO)=CC23OC2(CC(C)C3OC(C)=O)C(OC(C)=O)C(COC(C)=O)=CC2C(C1OC(C)=O)C2(C)C. The van der Waals surface area contributed by atoms with Crippen LogP contribution in [0.4, 0.5) is 0 Å². The van der Waals surface area contributed by atoms with E-state index in [2.05, 4.69) is 0 Å². The summed E-state index contributed by atoms with van der Waals surface area (Å²) >= 11 is 0. The van der Waals surface area contributed by atoms with E-state index in [4.69, 9.17) is 28.4 Å². The van der Waals surface area contributed by atoms with Gasteiger partial charge in [0.15, 0.2) is 17.8 Å². The number of allylic oxidation sites excluding steroid dienone is 1. The lowest BCUT2D eigenvalue weighted by molar-refractivity contribution is -0.169. The number of aliphatic hydroxyl groups excluding tert-OH is 1. The highest BCUT2D eigenvalue weighted by atomic mass is 16.7. The van der Waals surface area contributed by atoms with Crippen LogP contribution in [-0.2, 0) is 52.4 Å². The number of hydrogen-bond acceptors (Lipinski definition) is 12. The van der Waals surface area contributed by atoms with Gasteiger partial charge < -0.3 is 33.5 Å². The van der Waals surface area contributed by atoms with Gasteiger partial charge >= 0.3 is 29.8 Å². The Morgan fingerprint density at radius 1 is 0.956 bits per heavy atom. The highest BCUT2D eigenvalue weighted by Crippen LogP contribution is 2.69. The van der Waals surface area contributed by atoms with Crippen LogP contribution in [0.3, 0.4) is 0 Å². The van der Waals surface area contributed by atoms with Gasteiger partial charge in [0.2, 0.25) is 0 Å². The van der Waals surface area contributed by atoms with Gasteiger partial charge in [-0.05, 0) is 41.7 Å². The molecule has 10 atom stereocenters. The standard InChI is InChI=1S/C33H46O12/c1-10-16(2)30(39)44-26-23(14-34)13-33-28(42-20(6)37)17(3)12-32(33,45-33)29(43-21(7)38)22(15-40-18(4)35)11-24-25(31(24,8)9)27(26)41-19(5)36/h11,13,16-17,24-29,34H,10,12,14-15H2,1-9H3. The molecule has 0 spiro atoms. The minimum atomic E-state index is -1.43. The molecule has 250 valence electrons. The topological polar surface area (TPSA) is 164 Å². The van der Waals surface area contributed by atoms with Gasteiger partial charge in [0.25, 0.3) is 0 Å². The maximum atomic E-state index is 13.3. The summed E-state index contributed by atoms with van der Waals surface area (Å²) in [5.41, 5.74) is -2.60. The van der Waals surface area contributed by atoms with Crippen molar-refractivity contribution in [3.8, 4) is 0 Å². The molecule has 4 aliphatic rings. The molecular formula is C33H46O12. The van der Waals surface area contributed by atoms with Gasteiger partial charge in [-0.2, -0.15) is 0 Å². The molecule has 1 heterocycles. The summed E-state index contributed by atoms with van der Waals surface area (Å²) in [5, 5.41) is 10.9. The summed E-state index contributed by atoms with van der Waals surface area (Å²) in [6.45, 7) is 13.6. The number of rotatable bonds is 9. The monoisotopic (exact) mass is 634 g/mol.